The number of halogens is 1. The van der Waals surface area contributed by atoms with Gasteiger partial charge in [0, 0.05) is 10.7 Å². The smallest absolute Gasteiger partial charge is 0.326 e. The molecule has 2 amide bonds. The molecular formula is C18H19ClN2O2. The molecule has 0 spiro atoms. The number of aryl methyl sites for hydroxylation is 1. The van der Waals surface area contributed by atoms with Gasteiger partial charge in [-0.15, -0.1) is 0 Å². The lowest BCUT2D eigenvalue weighted by Gasteiger charge is -2.34. The summed E-state index contributed by atoms with van der Waals surface area (Å²) in [4.78, 5) is 14.4. The van der Waals surface area contributed by atoms with Crippen molar-refractivity contribution in [2.24, 2.45) is 0 Å². The van der Waals surface area contributed by atoms with E-state index in [9.17, 15) is 4.79 Å². The minimum absolute atomic E-state index is 0.0209. The molecule has 0 bridgehead atoms. The molecular weight excluding hydrogens is 312 g/mol. The Hall–Kier alpha value is -2.20. The first kappa shape index (κ1) is 15.7. The zero-order valence-corrected chi connectivity index (χ0v) is 13.9. The van der Waals surface area contributed by atoms with Gasteiger partial charge < -0.3 is 10.1 Å². The number of hydrogen-bond acceptors (Lipinski definition) is 2. The standard InChI is InChI=1S/C18H19ClN2O2/c1-3-15-11-21(16-10-13(19)6-9-17(16)23-15)18(22)20-14-7-4-12(2)5-8-14/h4-10,15H,3,11H2,1-2H3,(H,20,22)/t15-/m1/s1. The summed E-state index contributed by atoms with van der Waals surface area (Å²) in [7, 11) is 0. The highest BCUT2D eigenvalue weighted by molar-refractivity contribution is 6.31. The normalized spacial score (nSPS) is 16.5. The lowest BCUT2D eigenvalue weighted by Crippen LogP contribution is -2.45. The van der Waals surface area contributed by atoms with Crippen LogP contribution in [0.3, 0.4) is 0 Å². The van der Waals surface area contributed by atoms with Crippen LogP contribution in [0, 0.1) is 6.92 Å². The Morgan fingerprint density at radius 2 is 2.04 bits per heavy atom. The summed E-state index contributed by atoms with van der Waals surface area (Å²) in [5.74, 6) is 0.687. The summed E-state index contributed by atoms with van der Waals surface area (Å²) in [6, 6.07) is 12.9. The number of fused-ring (bicyclic) bond motifs is 1. The third-order valence-corrected chi connectivity index (χ3v) is 4.13. The molecule has 0 saturated heterocycles. The quantitative estimate of drug-likeness (QED) is 0.854. The number of hydrogen-bond donors (Lipinski definition) is 1. The molecule has 2 aromatic carbocycles. The molecule has 4 nitrogen and oxygen atoms in total. The monoisotopic (exact) mass is 330 g/mol. The minimum atomic E-state index is -0.181. The van der Waals surface area contributed by atoms with Crippen LogP contribution in [0.5, 0.6) is 5.75 Å². The van der Waals surface area contributed by atoms with Gasteiger partial charge in [0.25, 0.3) is 0 Å². The van der Waals surface area contributed by atoms with Gasteiger partial charge in [0.05, 0.1) is 12.2 Å². The minimum Gasteiger partial charge on any atom is -0.486 e. The number of carbonyl (C=O) groups excluding carboxylic acids is 1. The molecule has 1 aliphatic rings. The van der Waals surface area contributed by atoms with Gasteiger partial charge in [-0.1, -0.05) is 36.2 Å². The zero-order valence-electron chi connectivity index (χ0n) is 13.2. The van der Waals surface area contributed by atoms with Crippen LogP contribution in [0.1, 0.15) is 18.9 Å². The van der Waals surface area contributed by atoms with Gasteiger partial charge in [0.15, 0.2) is 0 Å². The van der Waals surface area contributed by atoms with Crippen molar-refractivity contribution in [1.29, 1.82) is 0 Å². The highest BCUT2D eigenvalue weighted by atomic mass is 35.5. The Balaban J connectivity index is 1.87. The van der Waals surface area contributed by atoms with Crippen LogP contribution in [0.2, 0.25) is 5.02 Å². The maximum Gasteiger partial charge on any atom is 0.326 e. The van der Waals surface area contributed by atoms with Crippen molar-refractivity contribution in [3.8, 4) is 5.75 Å². The van der Waals surface area contributed by atoms with Crippen LogP contribution in [0.15, 0.2) is 42.5 Å². The van der Waals surface area contributed by atoms with Crippen LogP contribution in [0.4, 0.5) is 16.2 Å². The first-order valence-corrected chi connectivity index (χ1v) is 8.06. The highest BCUT2D eigenvalue weighted by Crippen LogP contribution is 2.36. The molecule has 3 rings (SSSR count). The molecule has 1 N–H and O–H groups in total. The van der Waals surface area contributed by atoms with Crippen molar-refractivity contribution in [2.45, 2.75) is 26.4 Å². The fourth-order valence-corrected chi connectivity index (χ4v) is 2.72. The maximum absolute atomic E-state index is 12.7. The van der Waals surface area contributed by atoms with Crippen molar-refractivity contribution in [2.75, 3.05) is 16.8 Å². The van der Waals surface area contributed by atoms with Crippen molar-refractivity contribution >= 4 is 29.0 Å². The molecule has 0 aliphatic carbocycles. The summed E-state index contributed by atoms with van der Waals surface area (Å²) < 4.78 is 5.90. The third kappa shape index (κ3) is 3.42. The predicted molar refractivity (Wildman–Crippen MR) is 93.7 cm³/mol. The molecule has 0 aromatic heterocycles. The van der Waals surface area contributed by atoms with Gasteiger partial charge in [-0.3, -0.25) is 4.90 Å². The average Bonchev–Trinajstić information content (AvgIpc) is 2.56. The average molecular weight is 331 g/mol. The van der Waals surface area contributed by atoms with Gasteiger partial charge in [0.2, 0.25) is 0 Å². The lowest BCUT2D eigenvalue weighted by atomic mass is 10.1. The Labute approximate surface area is 141 Å². The Bertz CT molecular complexity index is 715. The Kier molecular flexibility index (Phi) is 4.44. The molecule has 1 atom stereocenters. The van der Waals surface area contributed by atoms with E-state index < -0.39 is 0 Å². The Morgan fingerprint density at radius 1 is 1.30 bits per heavy atom. The molecule has 0 radical (unpaired) electrons. The second-order valence-electron chi connectivity index (χ2n) is 5.67. The van der Waals surface area contributed by atoms with Crippen molar-refractivity contribution in [1.82, 2.24) is 0 Å². The number of benzene rings is 2. The van der Waals surface area contributed by atoms with E-state index in [-0.39, 0.29) is 12.1 Å². The number of amides is 2. The van der Waals surface area contributed by atoms with Crippen LogP contribution >= 0.6 is 11.6 Å². The molecule has 5 heteroatoms. The fraction of sp³-hybridized carbons (Fsp3) is 0.278. The van der Waals surface area contributed by atoms with E-state index in [2.05, 4.69) is 5.32 Å². The van der Waals surface area contributed by atoms with E-state index in [4.69, 9.17) is 16.3 Å². The number of urea groups is 1. The van der Waals surface area contributed by atoms with Gasteiger partial charge in [-0.25, -0.2) is 4.79 Å². The summed E-state index contributed by atoms with van der Waals surface area (Å²) >= 11 is 6.08. The summed E-state index contributed by atoms with van der Waals surface area (Å²) in [6.07, 6.45) is 0.809. The van der Waals surface area contributed by atoms with E-state index in [0.29, 0.717) is 23.0 Å². The largest absolute Gasteiger partial charge is 0.486 e. The summed E-state index contributed by atoms with van der Waals surface area (Å²) in [6.45, 7) is 4.56. The van der Waals surface area contributed by atoms with Crippen molar-refractivity contribution in [3.63, 3.8) is 0 Å². The van der Waals surface area contributed by atoms with Crippen LogP contribution in [0.25, 0.3) is 0 Å². The number of carbonyl (C=O) groups is 1. The van der Waals surface area contributed by atoms with E-state index >= 15 is 0 Å². The summed E-state index contributed by atoms with van der Waals surface area (Å²) in [5.41, 5.74) is 2.62. The van der Waals surface area contributed by atoms with Gasteiger partial charge in [-0.05, 0) is 43.7 Å². The molecule has 23 heavy (non-hydrogen) atoms. The maximum atomic E-state index is 12.7. The van der Waals surface area contributed by atoms with E-state index in [1.807, 2.05) is 44.2 Å². The zero-order chi connectivity index (χ0) is 16.4. The van der Waals surface area contributed by atoms with E-state index in [1.165, 1.54) is 0 Å². The predicted octanol–water partition coefficient (Wildman–Crippen LogP) is 4.86. The topological polar surface area (TPSA) is 41.6 Å². The number of ether oxygens (including phenoxy) is 1. The number of nitrogens with one attached hydrogen (secondary N) is 1. The third-order valence-electron chi connectivity index (χ3n) is 3.89. The van der Waals surface area contributed by atoms with E-state index in [1.54, 1.807) is 17.0 Å². The number of anilines is 2. The molecule has 0 fully saturated rings. The van der Waals surface area contributed by atoms with Crippen LogP contribution in [-0.2, 0) is 0 Å². The number of rotatable bonds is 2. The second kappa shape index (κ2) is 6.50. The van der Waals surface area contributed by atoms with Gasteiger partial charge in [0.1, 0.15) is 11.9 Å². The molecule has 2 aromatic rings. The molecule has 1 heterocycles. The first-order valence-electron chi connectivity index (χ1n) is 7.68. The summed E-state index contributed by atoms with van der Waals surface area (Å²) in [5, 5.41) is 3.51. The fourth-order valence-electron chi connectivity index (χ4n) is 2.55. The second-order valence-corrected chi connectivity index (χ2v) is 6.10. The van der Waals surface area contributed by atoms with Crippen molar-refractivity contribution < 1.29 is 9.53 Å². The first-order chi connectivity index (χ1) is 11.1. The molecule has 0 saturated carbocycles. The molecule has 1 aliphatic heterocycles. The molecule has 120 valence electrons. The van der Waals surface area contributed by atoms with E-state index in [0.717, 1.165) is 17.7 Å². The van der Waals surface area contributed by atoms with Crippen LogP contribution in [-0.4, -0.2) is 18.7 Å². The van der Waals surface area contributed by atoms with Gasteiger partial charge in [-0.2, -0.15) is 0 Å². The lowest BCUT2D eigenvalue weighted by molar-refractivity contribution is 0.188. The highest BCUT2D eigenvalue weighted by Gasteiger charge is 2.29. The van der Waals surface area contributed by atoms with Gasteiger partial charge >= 0.3 is 6.03 Å². The van der Waals surface area contributed by atoms with Crippen molar-refractivity contribution in [3.05, 3.63) is 53.1 Å². The SMILES string of the molecule is CC[C@@H]1CN(C(=O)Nc2ccc(C)cc2)c2cc(Cl)ccc2O1. The van der Waals surface area contributed by atoms with Crippen LogP contribution < -0.4 is 15.0 Å². The Morgan fingerprint density at radius 3 is 2.74 bits per heavy atom. The molecule has 0 unspecified atom stereocenters. The number of nitrogens with zero attached hydrogens (tertiary/aromatic N) is 1.